The van der Waals surface area contributed by atoms with Crippen molar-refractivity contribution >= 4 is 34.4 Å². The summed E-state index contributed by atoms with van der Waals surface area (Å²) in [5, 5.41) is 20.5. The van der Waals surface area contributed by atoms with E-state index < -0.39 is 23.6 Å². The van der Waals surface area contributed by atoms with Gasteiger partial charge in [0.05, 0.1) is 16.5 Å². The third-order valence-electron chi connectivity index (χ3n) is 5.41. The summed E-state index contributed by atoms with van der Waals surface area (Å²) >= 11 is 6.08. The van der Waals surface area contributed by atoms with Gasteiger partial charge >= 0.3 is 5.97 Å². The predicted octanol–water partition coefficient (Wildman–Crippen LogP) is 5.35. The Labute approximate surface area is 172 Å². The fourth-order valence-corrected chi connectivity index (χ4v) is 3.87. The lowest BCUT2D eigenvalue weighted by Crippen LogP contribution is -2.21. The third kappa shape index (κ3) is 3.60. The fraction of sp³-hybridized carbons (Fsp3) is 0.273. The van der Waals surface area contributed by atoms with Crippen LogP contribution in [-0.2, 0) is 4.79 Å². The molecule has 0 bridgehead atoms. The van der Waals surface area contributed by atoms with Gasteiger partial charge in [-0.2, -0.15) is 0 Å². The van der Waals surface area contributed by atoms with E-state index in [0.717, 1.165) is 0 Å². The predicted molar refractivity (Wildman–Crippen MR) is 109 cm³/mol. The molecule has 0 spiro atoms. The van der Waals surface area contributed by atoms with Crippen molar-refractivity contribution in [1.82, 2.24) is 4.57 Å². The number of aliphatic carboxylic acids is 1. The largest absolute Gasteiger partial charge is 0.506 e. The van der Waals surface area contributed by atoms with Crippen LogP contribution in [0.1, 0.15) is 47.8 Å². The topological polar surface area (TPSA) is 79.5 Å². The Morgan fingerprint density at radius 3 is 2.38 bits per heavy atom. The molecule has 0 saturated carbocycles. The van der Waals surface area contributed by atoms with Crippen LogP contribution in [0, 0.1) is 18.7 Å². The highest BCUT2D eigenvalue weighted by Gasteiger charge is 2.33. The average molecular weight is 418 g/mol. The summed E-state index contributed by atoms with van der Waals surface area (Å²) in [6.07, 6.45) is 0.620. The van der Waals surface area contributed by atoms with Crippen molar-refractivity contribution in [2.45, 2.75) is 33.1 Å². The van der Waals surface area contributed by atoms with Crippen molar-refractivity contribution in [1.29, 1.82) is 0 Å². The van der Waals surface area contributed by atoms with Gasteiger partial charge in [0.25, 0.3) is 5.91 Å². The molecule has 0 amide bonds. The zero-order valence-electron chi connectivity index (χ0n) is 16.2. The third-order valence-corrected chi connectivity index (χ3v) is 5.71. The number of fused-ring (bicyclic) bond motifs is 1. The van der Waals surface area contributed by atoms with E-state index in [9.17, 15) is 24.2 Å². The number of rotatable bonds is 5. The van der Waals surface area contributed by atoms with Crippen LogP contribution in [0.2, 0.25) is 5.02 Å². The molecule has 152 valence electrons. The number of hydrogen-bond donors (Lipinski definition) is 2. The number of phenols is 1. The Kier molecular flexibility index (Phi) is 5.66. The summed E-state index contributed by atoms with van der Waals surface area (Å²) in [6.45, 7) is 5.39. The summed E-state index contributed by atoms with van der Waals surface area (Å²) in [4.78, 5) is 25.3. The standard InChI is InChI=1S/C22H21ClFNO4/c1-4-11(2)19(22(28)29)20-12(3)25(17-10-16(23)18(26)9-15(17)20)21(27)13-5-7-14(24)8-6-13/h5-11,19,26H,4H2,1-3H3,(H,28,29). The molecule has 1 heterocycles. The Morgan fingerprint density at radius 1 is 1.21 bits per heavy atom. The number of halogens is 2. The molecule has 0 radical (unpaired) electrons. The molecule has 2 atom stereocenters. The van der Waals surface area contributed by atoms with E-state index in [-0.39, 0.29) is 22.3 Å². The Hall–Kier alpha value is -2.86. The highest BCUT2D eigenvalue weighted by atomic mass is 35.5. The van der Waals surface area contributed by atoms with Crippen molar-refractivity contribution in [2.75, 3.05) is 0 Å². The van der Waals surface area contributed by atoms with E-state index >= 15 is 0 Å². The highest BCUT2D eigenvalue weighted by Crippen LogP contribution is 2.40. The van der Waals surface area contributed by atoms with Crippen LogP contribution in [-0.4, -0.2) is 26.7 Å². The van der Waals surface area contributed by atoms with Gasteiger partial charge in [-0.05, 0) is 54.8 Å². The van der Waals surface area contributed by atoms with Crippen molar-refractivity contribution in [3.05, 3.63) is 64.1 Å². The van der Waals surface area contributed by atoms with Crippen LogP contribution >= 0.6 is 11.6 Å². The summed E-state index contributed by atoms with van der Waals surface area (Å²) in [7, 11) is 0. The van der Waals surface area contributed by atoms with Gasteiger partial charge in [-0.25, -0.2) is 4.39 Å². The van der Waals surface area contributed by atoms with E-state index in [0.29, 0.717) is 28.6 Å². The monoisotopic (exact) mass is 417 g/mol. The molecule has 7 heteroatoms. The Bertz CT molecular complexity index is 1100. The summed E-state index contributed by atoms with van der Waals surface area (Å²) in [5.74, 6) is -3.18. The number of aromatic hydroxyl groups is 1. The van der Waals surface area contributed by atoms with Gasteiger partial charge < -0.3 is 10.2 Å². The molecule has 0 aliphatic heterocycles. The van der Waals surface area contributed by atoms with Gasteiger partial charge in [-0.1, -0.05) is 31.9 Å². The highest BCUT2D eigenvalue weighted by molar-refractivity contribution is 6.33. The number of carboxylic acid groups (broad SMARTS) is 1. The van der Waals surface area contributed by atoms with E-state index in [1.165, 1.54) is 41.0 Å². The molecule has 1 aromatic heterocycles. The minimum Gasteiger partial charge on any atom is -0.506 e. The number of benzene rings is 2. The van der Waals surface area contributed by atoms with E-state index in [1.807, 2.05) is 13.8 Å². The normalized spacial score (nSPS) is 13.4. The lowest BCUT2D eigenvalue weighted by Gasteiger charge is -2.20. The van der Waals surface area contributed by atoms with Crippen molar-refractivity contribution in [3.8, 4) is 5.75 Å². The minimum absolute atomic E-state index is 0.0464. The number of nitrogens with zero attached hydrogens (tertiary/aromatic N) is 1. The second-order valence-corrected chi connectivity index (χ2v) is 7.58. The van der Waals surface area contributed by atoms with Crippen molar-refractivity contribution in [3.63, 3.8) is 0 Å². The molecule has 0 saturated heterocycles. The molecule has 2 unspecified atom stereocenters. The second-order valence-electron chi connectivity index (χ2n) is 7.17. The molecule has 0 aliphatic carbocycles. The fourth-order valence-electron chi connectivity index (χ4n) is 3.71. The van der Waals surface area contributed by atoms with Crippen LogP contribution in [0.4, 0.5) is 4.39 Å². The molecular weight excluding hydrogens is 397 g/mol. The molecule has 0 fully saturated rings. The summed E-state index contributed by atoms with van der Waals surface area (Å²) in [6, 6.07) is 7.95. The maximum atomic E-state index is 13.3. The molecule has 3 rings (SSSR count). The second kappa shape index (κ2) is 7.87. The maximum Gasteiger partial charge on any atom is 0.311 e. The SMILES string of the molecule is CCC(C)C(C(=O)O)c1c(C)n(C(=O)c2ccc(F)cc2)c2cc(Cl)c(O)cc12. The molecule has 29 heavy (non-hydrogen) atoms. The van der Waals surface area contributed by atoms with Gasteiger partial charge in [0.2, 0.25) is 0 Å². The number of hydrogen-bond acceptors (Lipinski definition) is 3. The number of carbonyl (C=O) groups is 2. The zero-order chi connectivity index (χ0) is 21.5. The van der Waals surface area contributed by atoms with Gasteiger partial charge in [-0.3, -0.25) is 14.2 Å². The molecular formula is C22H21ClFNO4. The lowest BCUT2D eigenvalue weighted by atomic mass is 9.84. The van der Waals surface area contributed by atoms with Gasteiger partial charge in [0, 0.05) is 16.6 Å². The molecule has 2 N–H and O–H groups in total. The molecule has 0 aliphatic rings. The zero-order valence-corrected chi connectivity index (χ0v) is 17.0. The van der Waals surface area contributed by atoms with E-state index in [4.69, 9.17) is 11.6 Å². The van der Waals surface area contributed by atoms with Crippen LogP contribution in [0.25, 0.3) is 10.9 Å². The Balaban J connectivity index is 2.35. The quantitative estimate of drug-likeness (QED) is 0.586. The van der Waals surface area contributed by atoms with E-state index in [1.54, 1.807) is 6.92 Å². The summed E-state index contributed by atoms with van der Waals surface area (Å²) < 4.78 is 14.7. The van der Waals surface area contributed by atoms with Crippen molar-refractivity contribution < 1.29 is 24.2 Å². The number of carbonyl (C=O) groups excluding carboxylic acids is 1. The van der Waals surface area contributed by atoms with E-state index in [2.05, 4.69) is 0 Å². The first kappa shape index (κ1) is 20.9. The molecule has 3 aromatic rings. The average Bonchev–Trinajstić information content (AvgIpc) is 2.93. The van der Waals surface area contributed by atoms with Gasteiger partial charge in [-0.15, -0.1) is 0 Å². The van der Waals surface area contributed by atoms with Crippen LogP contribution in [0.5, 0.6) is 5.75 Å². The number of aromatic nitrogens is 1. The molecule has 5 nitrogen and oxygen atoms in total. The first-order chi connectivity index (χ1) is 13.7. The van der Waals surface area contributed by atoms with Crippen LogP contribution < -0.4 is 0 Å². The van der Waals surface area contributed by atoms with Crippen molar-refractivity contribution in [2.24, 2.45) is 5.92 Å². The van der Waals surface area contributed by atoms with Gasteiger partial charge in [0.15, 0.2) is 0 Å². The number of carboxylic acids is 1. The lowest BCUT2D eigenvalue weighted by molar-refractivity contribution is -0.140. The Morgan fingerprint density at radius 2 is 1.83 bits per heavy atom. The maximum absolute atomic E-state index is 13.3. The number of phenolic OH excluding ortho intramolecular Hbond substituents is 1. The summed E-state index contributed by atoms with van der Waals surface area (Å²) in [5.41, 5.74) is 1.55. The first-order valence-corrected chi connectivity index (χ1v) is 9.61. The smallest absolute Gasteiger partial charge is 0.311 e. The minimum atomic E-state index is -1.01. The van der Waals surface area contributed by atoms with Crippen LogP contribution in [0.3, 0.4) is 0 Å². The van der Waals surface area contributed by atoms with Crippen LogP contribution in [0.15, 0.2) is 36.4 Å². The first-order valence-electron chi connectivity index (χ1n) is 9.23. The molecule has 2 aromatic carbocycles. The van der Waals surface area contributed by atoms with Gasteiger partial charge in [0.1, 0.15) is 11.6 Å².